The van der Waals surface area contributed by atoms with Crippen LogP contribution in [0.1, 0.15) is 23.6 Å². The second kappa shape index (κ2) is 5.18. The van der Waals surface area contributed by atoms with Crippen LogP contribution in [0, 0.1) is 0 Å². The summed E-state index contributed by atoms with van der Waals surface area (Å²) in [7, 11) is 0. The van der Waals surface area contributed by atoms with E-state index in [1.54, 1.807) is 0 Å². The van der Waals surface area contributed by atoms with Crippen molar-refractivity contribution in [2.75, 3.05) is 0 Å². The summed E-state index contributed by atoms with van der Waals surface area (Å²) in [5.41, 5.74) is 3.98. The summed E-state index contributed by atoms with van der Waals surface area (Å²) >= 11 is 6.17. The van der Waals surface area contributed by atoms with Crippen molar-refractivity contribution < 1.29 is 0 Å². The number of hydrogen-bond acceptors (Lipinski definition) is 0. The molecule has 0 aliphatic carbocycles. The van der Waals surface area contributed by atoms with Crippen molar-refractivity contribution in [1.82, 2.24) is 0 Å². The summed E-state index contributed by atoms with van der Waals surface area (Å²) in [6, 6.07) is 16.6. The van der Waals surface area contributed by atoms with Gasteiger partial charge in [-0.05, 0) is 35.6 Å². The maximum atomic E-state index is 6.17. The molecule has 2 aromatic rings. The molecule has 16 heavy (non-hydrogen) atoms. The van der Waals surface area contributed by atoms with Crippen molar-refractivity contribution >= 4 is 11.6 Å². The fourth-order valence-corrected chi connectivity index (χ4v) is 2.12. The molecule has 0 saturated carbocycles. The predicted molar refractivity (Wildman–Crippen MR) is 70.1 cm³/mol. The smallest absolute Gasteiger partial charge is 0.0441 e. The Morgan fingerprint density at radius 3 is 2.00 bits per heavy atom. The summed E-state index contributed by atoms with van der Waals surface area (Å²) < 4.78 is 0. The summed E-state index contributed by atoms with van der Waals surface area (Å²) in [5.74, 6) is 0. The van der Waals surface area contributed by atoms with E-state index in [1.807, 2.05) is 18.2 Å². The van der Waals surface area contributed by atoms with Crippen molar-refractivity contribution in [3.05, 3.63) is 70.2 Å². The van der Waals surface area contributed by atoms with Crippen LogP contribution in [0.2, 0.25) is 5.02 Å². The minimum absolute atomic E-state index is 0.855. The Labute approximate surface area is 102 Å². The highest BCUT2D eigenvalue weighted by Gasteiger charge is 2.03. The molecule has 0 bridgehead atoms. The monoisotopic (exact) mass is 230 g/mol. The molecular weight excluding hydrogens is 216 g/mol. The van der Waals surface area contributed by atoms with Gasteiger partial charge in [0.05, 0.1) is 0 Å². The second-order valence-corrected chi connectivity index (χ2v) is 4.30. The van der Waals surface area contributed by atoms with Gasteiger partial charge in [0, 0.05) is 5.02 Å². The van der Waals surface area contributed by atoms with E-state index in [0.29, 0.717) is 0 Å². The lowest BCUT2D eigenvalue weighted by Gasteiger charge is -2.08. The molecule has 0 N–H and O–H groups in total. The third kappa shape index (κ3) is 2.45. The van der Waals surface area contributed by atoms with Crippen LogP contribution < -0.4 is 0 Å². The van der Waals surface area contributed by atoms with Gasteiger partial charge in [-0.1, -0.05) is 61.0 Å². The van der Waals surface area contributed by atoms with Crippen molar-refractivity contribution in [1.29, 1.82) is 0 Å². The molecule has 0 spiro atoms. The van der Waals surface area contributed by atoms with E-state index in [2.05, 4.69) is 37.3 Å². The molecule has 0 unspecified atom stereocenters. The standard InChI is InChI=1S/C15H15Cl/c1-2-12-7-3-4-8-13(12)11-14-9-5-6-10-15(14)16/h3-10H,2,11H2,1H3. The van der Waals surface area contributed by atoms with Crippen molar-refractivity contribution in [2.24, 2.45) is 0 Å². The molecule has 1 heteroatoms. The Kier molecular flexibility index (Phi) is 3.63. The maximum Gasteiger partial charge on any atom is 0.0441 e. The fraction of sp³-hybridized carbons (Fsp3) is 0.200. The normalized spacial score (nSPS) is 10.4. The lowest BCUT2D eigenvalue weighted by Crippen LogP contribution is -1.94. The van der Waals surface area contributed by atoms with Crippen LogP contribution in [0.4, 0.5) is 0 Å². The lowest BCUT2D eigenvalue weighted by molar-refractivity contribution is 1.06. The Morgan fingerprint density at radius 1 is 0.812 bits per heavy atom. The van der Waals surface area contributed by atoms with Gasteiger partial charge >= 0.3 is 0 Å². The summed E-state index contributed by atoms with van der Waals surface area (Å²) in [6.45, 7) is 2.19. The van der Waals surface area contributed by atoms with Crippen molar-refractivity contribution in [3.63, 3.8) is 0 Å². The molecule has 0 heterocycles. The van der Waals surface area contributed by atoms with Gasteiger partial charge in [0.15, 0.2) is 0 Å². The Morgan fingerprint density at radius 2 is 1.38 bits per heavy atom. The van der Waals surface area contributed by atoms with Gasteiger partial charge < -0.3 is 0 Å². The highest BCUT2D eigenvalue weighted by molar-refractivity contribution is 6.31. The molecule has 0 fully saturated rings. The number of aryl methyl sites for hydroxylation is 1. The molecule has 0 saturated heterocycles. The molecular formula is C15H15Cl. The SMILES string of the molecule is CCc1ccccc1Cc1ccccc1Cl. The Balaban J connectivity index is 2.30. The van der Waals surface area contributed by atoms with Crippen LogP contribution in [-0.2, 0) is 12.8 Å². The predicted octanol–water partition coefficient (Wildman–Crippen LogP) is 4.49. The molecule has 82 valence electrons. The van der Waals surface area contributed by atoms with Gasteiger partial charge in [0.1, 0.15) is 0 Å². The van der Waals surface area contributed by atoms with E-state index in [0.717, 1.165) is 17.9 Å². The first-order valence-corrected chi connectivity index (χ1v) is 5.99. The minimum atomic E-state index is 0.855. The highest BCUT2D eigenvalue weighted by atomic mass is 35.5. The van der Waals surface area contributed by atoms with Crippen LogP contribution >= 0.6 is 11.6 Å². The van der Waals surface area contributed by atoms with Gasteiger partial charge in [-0.15, -0.1) is 0 Å². The van der Waals surface area contributed by atoms with Gasteiger partial charge in [0.2, 0.25) is 0 Å². The first kappa shape index (κ1) is 11.2. The maximum absolute atomic E-state index is 6.17. The van der Waals surface area contributed by atoms with E-state index < -0.39 is 0 Å². The molecule has 0 radical (unpaired) electrons. The summed E-state index contributed by atoms with van der Waals surface area (Å²) in [5, 5.41) is 0.855. The van der Waals surface area contributed by atoms with Crippen LogP contribution in [0.5, 0.6) is 0 Å². The fourth-order valence-electron chi connectivity index (χ4n) is 1.92. The molecule has 0 aliphatic rings. The van der Waals surface area contributed by atoms with E-state index in [4.69, 9.17) is 11.6 Å². The molecule has 0 atom stereocenters. The van der Waals surface area contributed by atoms with E-state index in [1.165, 1.54) is 16.7 Å². The number of benzene rings is 2. The van der Waals surface area contributed by atoms with E-state index in [-0.39, 0.29) is 0 Å². The third-order valence-corrected chi connectivity index (χ3v) is 3.21. The Bertz CT molecular complexity index is 474. The van der Waals surface area contributed by atoms with Gasteiger partial charge in [-0.3, -0.25) is 0 Å². The van der Waals surface area contributed by atoms with Gasteiger partial charge in [-0.2, -0.15) is 0 Å². The highest BCUT2D eigenvalue weighted by Crippen LogP contribution is 2.21. The average Bonchev–Trinajstić information content (AvgIpc) is 2.33. The second-order valence-electron chi connectivity index (χ2n) is 3.89. The van der Waals surface area contributed by atoms with Crippen LogP contribution in [0.3, 0.4) is 0 Å². The van der Waals surface area contributed by atoms with Crippen molar-refractivity contribution in [3.8, 4) is 0 Å². The summed E-state index contributed by atoms with van der Waals surface area (Å²) in [6.07, 6.45) is 1.99. The van der Waals surface area contributed by atoms with Crippen molar-refractivity contribution in [2.45, 2.75) is 19.8 Å². The zero-order valence-corrected chi connectivity index (χ0v) is 10.2. The first-order chi connectivity index (χ1) is 7.81. The number of halogens is 1. The van der Waals surface area contributed by atoms with E-state index >= 15 is 0 Å². The third-order valence-electron chi connectivity index (χ3n) is 2.84. The average molecular weight is 231 g/mol. The molecule has 0 amide bonds. The van der Waals surface area contributed by atoms with E-state index in [9.17, 15) is 0 Å². The quantitative estimate of drug-likeness (QED) is 0.729. The zero-order valence-electron chi connectivity index (χ0n) is 9.41. The molecule has 0 aromatic heterocycles. The van der Waals surface area contributed by atoms with Crippen LogP contribution in [-0.4, -0.2) is 0 Å². The van der Waals surface area contributed by atoms with Gasteiger partial charge in [0.25, 0.3) is 0 Å². The molecule has 2 aromatic carbocycles. The van der Waals surface area contributed by atoms with Gasteiger partial charge in [-0.25, -0.2) is 0 Å². The lowest BCUT2D eigenvalue weighted by atomic mass is 9.98. The number of rotatable bonds is 3. The van der Waals surface area contributed by atoms with Crippen LogP contribution in [0.25, 0.3) is 0 Å². The Hall–Kier alpha value is -1.27. The molecule has 0 nitrogen and oxygen atoms in total. The largest absolute Gasteiger partial charge is 0.0840 e. The topological polar surface area (TPSA) is 0 Å². The summed E-state index contributed by atoms with van der Waals surface area (Å²) in [4.78, 5) is 0. The minimum Gasteiger partial charge on any atom is -0.0840 e. The molecule has 2 rings (SSSR count). The first-order valence-electron chi connectivity index (χ1n) is 5.61. The van der Waals surface area contributed by atoms with Crippen LogP contribution in [0.15, 0.2) is 48.5 Å². The number of hydrogen-bond donors (Lipinski definition) is 0. The zero-order chi connectivity index (χ0) is 11.4. The molecule has 0 aliphatic heterocycles.